The molecule has 4 heteroatoms. The van der Waals surface area contributed by atoms with Gasteiger partial charge in [-0.3, -0.25) is 0 Å². The number of rotatable bonds is 7. The highest BCUT2D eigenvalue weighted by atomic mass is 16.5. The van der Waals surface area contributed by atoms with Gasteiger partial charge in [-0.25, -0.2) is 0 Å². The van der Waals surface area contributed by atoms with Crippen molar-refractivity contribution < 1.29 is 14.6 Å². The van der Waals surface area contributed by atoms with Crippen LogP contribution < -0.4 is 4.74 Å². The zero-order valence-electron chi connectivity index (χ0n) is 12.5. The van der Waals surface area contributed by atoms with Crippen molar-refractivity contribution in [3.8, 4) is 17.6 Å². The third-order valence-electron chi connectivity index (χ3n) is 2.92. The zero-order valence-corrected chi connectivity index (χ0v) is 12.5. The molecule has 4 nitrogen and oxygen atoms in total. The minimum Gasteiger partial charge on any atom is -0.496 e. The van der Waals surface area contributed by atoms with E-state index in [-0.39, 0.29) is 6.61 Å². The molecule has 0 aliphatic rings. The lowest BCUT2D eigenvalue weighted by atomic mass is 10.1. The minimum atomic E-state index is -0.127. The van der Waals surface area contributed by atoms with Gasteiger partial charge in [0.05, 0.1) is 7.11 Å². The molecule has 0 bridgehead atoms. The molecule has 0 atom stereocenters. The number of hydrogen-bond acceptors (Lipinski definition) is 4. The Morgan fingerprint density at radius 2 is 2.10 bits per heavy atom. The summed E-state index contributed by atoms with van der Waals surface area (Å²) in [7, 11) is 5.45. The van der Waals surface area contributed by atoms with Crippen LogP contribution in [0.1, 0.15) is 17.5 Å². The van der Waals surface area contributed by atoms with Gasteiger partial charge in [-0.05, 0) is 31.7 Å². The molecule has 0 saturated heterocycles. The van der Waals surface area contributed by atoms with E-state index in [2.05, 4.69) is 23.8 Å². The second-order valence-corrected chi connectivity index (χ2v) is 4.57. The van der Waals surface area contributed by atoms with Crippen LogP contribution in [0.15, 0.2) is 18.2 Å². The molecule has 0 aromatic heterocycles. The summed E-state index contributed by atoms with van der Waals surface area (Å²) >= 11 is 0. The van der Waals surface area contributed by atoms with Gasteiger partial charge >= 0.3 is 0 Å². The number of aliphatic hydroxyl groups is 1. The van der Waals surface area contributed by atoms with E-state index in [0.717, 1.165) is 43.0 Å². The van der Waals surface area contributed by atoms with Gasteiger partial charge < -0.3 is 19.5 Å². The van der Waals surface area contributed by atoms with Crippen LogP contribution in [0.4, 0.5) is 0 Å². The number of nitrogens with zero attached hydrogens (tertiary/aromatic N) is 1. The average Bonchev–Trinajstić information content (AvgIpc) is 2.45. The fourth-order valence-electron chi connectivity index (χ4n) is 1.97. The fraction of sp³-hybridized carbons (Fsp3) is 0.500. The maximum Gasteiger partial charge on any atom is 0.123 e. The summed E-state index contributed by atoms with van der Waals surface area (Å²) in [5.41, 5.74) is 1.98. The molecule has 1 aromatic carbocycles. The third-order valence-corrected chi connectivity index (χ3v) is 2.92. The van der Waals surface area contributed by atoms with Crippen molar-refractivity contribution in [2.75, 3.05) is 41.0 Å². The van der Waals surface area contributed by atoms with E-state index in [0.29, 0.717) is 0 Å². The number of methoxy groups -OCH3 is 2. The van der Waals surface area contributed by atoms with Crippen LogP contribution >= 0.6 is 0 Å². The first-order chi connectivity index (χ1) is 9.71. The SMILES string of the molecule is COCCCN(C)Cc1cc(C#CCO)ccc1OC. The van der Waals surface area contributed by atoms with Crippen molar-refractivity contribution >= 4 is 0 Å². The Hall–Kier alpha value is -1.54. The van der Waals surface area contributed by atoms with E-state index in [4.69, 9.17) is 14.6 Å². The lowest BCUT2D eigenvalue weighted by molar-refractivity contribution is 0.178. The molecule has 0 spiro atoms. The lowest BCUT2D eigenvalue weighted by Gasteiger charge is -2.18. The van der Waals surface area contributed by atoms with Crippen LogP contribution in [0, 0.1) is 11.8 Å². The van der Waals surface area contributed by atoms with Gasteiger partial charge in [0, 0.05) is 37.9 Å². The summed E-state index contributed by atoms with van der Waals surface area (Å²) in [6.45, 7) is 2.40. The Labute approximate surface area is 121 Å². The first kappa shape index (κ1) is 16.5. The van der Waals surface area contributed by atoms with Crippen molar-refractivity contribution in [1.82, 2.24) is 4.90 Å². The fourth-order valence-corrected chi connectivity index (χ4v) is 1.97. The molecule has 0 saturated carbocycles. The van der Waals surface area contributed by atoms with Crippen LogP contribution in [0.25, 0.3) is 0 Å². The molecule has 1 N–H and O–H groups in total. The van der Waals surface area contributed by atoms with E-state index in [1.165, 1.54) is 0 Å². The maximum atomic E-state index is 8.75. The van der Waals surface area contributed by atoms with Gasteiger partial charge in [-0.2, -0.15) is 0 Å². The number of benzene rings is 1. The molecule has 0 amide bonds. The van der Waals surface area contributed by atoms with Crippen molar-refractivity contribution in [2.24, 2.45) is 0 Å². The Kier molecular flexibility index (Phi) is 7.74. The van der Waals surface area contributed by atoms with Crippen LogP contribution in [-0.4, -0.2) is 51.0 Å². The predicted molar refractivity (Wildman–Crippen MR) is 79.8 cm³/mol. The Morgan fingerprint density at radius 1 is 1.30 bits per heavy atom. The molecule has 0 aliphatic heterocycles. The second kappa shape index (κ2) is 9.38. The highest BCUT2D eigenvalue weighted by Crippen LogP contribution is 2.21. The molecule has 0 fully saturated rings. The maximum absolute atomic E-state index is 8.75. The quantitative estimate of drug-likeness (QED) is 0.606. The van der Waals surface area contributed by atoms with E-state index >= 15 is 0 Å². The van der Waals surface area contributed by atoms with Crippen molar-refractivity contribution in [3.05, 3.63) is 29.3 Å². The Morgan fingerprint density at radius 3 is 2.75 bits per heavy atom. The largest absolute Gasteiger partial charge is 0.496 e. The lowest BCUT2D eigenvalue weighted by Crippen LogP contribution is -2.20. The normalized spacial score (nSPS) is 10.2. The van der Waals surface area contributed by atoms with Gasteiger partial charge in [-0.1, -0.05) is 11.8 Å². The van der Waals surface area contributed by atoms with Crippen molar-refractivity contribution in [1.29, 1.82) is 0 Å². The smallest absolute Gasteiger partial charge is 0.123 e. The first-order valence-corrected chi connectivity index (χ1v) is 6.65. The van der Waals surface area contributed by atoms with E-state index in [9.17, 15) is 0 Å². The molecule has 1 rings (SSSR count). The standard InChI is InChI=1S/C16H23NO3/c1-17(9-5-11-19-2)13-15-12-14(6-4-10-18)7-8-16(15)20-3/h7-8,12,18H,5,9-11,13H2,1-3H3. The van der Waals surface area contributed by atoms with Crippen LogP contribution in [0.3, 0.4) is 0 Å². The van der Waals surface area contributed by atoms with Gasteiger partial charge in [0.25, 0.3) is 0 Å². The molecule has 0 aliphatic carbocycles. The van der Waals surface area contributed by atoms with Crippen LogP contribution in [0.2, 0.25) is 0 Å². The molecule has 0 unspecified atom stereocenters. The predicted octanol–water partition coefficient (Wildman–Crippen LogP) is 1.51. The summed E-state index contributed by atoms with van der Waals surface area (Å²) in [6.07, 6.45) is 0.999. The molecule has 0 heterocycles. The summed E-state index contributed by atoms with van der Waals surface area (Å²) in [5.74, 6) is 6.44. The van der Waals surface area contributed by atoms with E-state index in [1.54, 1.807) is 14.2 Å². The highest BCUT2D eigenvalue weighted by Gasteiger charge is 2.07. The summed E-state index contributed by atoms with van der Waals surface area (Å²) < 4.78 is 10.4. The first-order valence-electron chi connectivity index (χ1n) is 6.65. The van der Waals surface area contributed by atoms with Gasteiger partial charge in [0.15, 0.2) is 0 Å². The van der Waals surface area contributed by atoms with Crippen LogP contribution in [0.5, 0.6) is 5.75 Å². The average molecular weight is 277 g/mol. The van der Waals surface area contributed by atoms with Crippen molar-refractivity contribution in [3.63, 3.8) is 0 Å². The van der Waals surface area contributed by atoms with Crippen LogP contribution in [-0.2, 0) is 11.3 Å². The van der Waals surface area contributed by atoms with Gasteiger partial charge in [0.1, 0.15) is 12.4 Å². The molecule has 20 heavy (non-hydrogen) atoms. The Balaban J connectivity index is 2.74. The summed E-state index contributed by atoms with van der Waals surface area (Å²) in [6, 6.07) is 5.82. The second-order valence-electron chi connectivity index (χ2n) is 4.57. The third kappa shape index (κ3) is 5.62. The Bertz CT molecular complexity index is 463. The van der Waals surface area contributed by atoms with E-state index in [1.807, 2.05) is 18.2 Å². The summed E-state index contributed by atoms with van der Waals surface area (Å²) in [4.78, 5) is 2.22. The van der Waals surface area contributed by atoms with Gasteiger partial charge in [-0.15, -0.1) is 0 Å². The zero-order chi connectivity index (χ0) is 14.8. The van der Waals surface area contributed by atoms with Gasteiger partial charge in [0.2, 0.25) is 0 Å². The molecule has 1 aromatic rings. The van der Waals surface area contributed by atoms with Crippen molar-refractivity contribution in [2.45, 2.75) is 13.0 Å². The molecular weight excluding hydrogens is 254 g/mol. The topological polar surface area (TPSA) is 41.9 Å². The molecular formula is C16H23NO3. The molecule has 110 valence electrons. The minimum absolute atomic E-state index is 0.127. The molecule has 0 radical (unpaired) electrons. The van der Waals surface area contributed by atoms with E-state index < -0.39 is 0 Å². The highest BCUT2D eigenvalue weighted by molar-refractivity contribution is 5.44. The monoisotopic (exact) mass is 277 g/mol. The number of aliphatic hydroxyl groups excluding tert-OH is 1. The summed E-state index contributed by atoms with van der Waals surface area (Å²) in [5, 5.41) is 8.75. The number of ether oxygens (including phenoxy) is 2. The number of hydrogen-bond donors (Lipinski definition) is 1.